The van der Waals surface area contributed by atoms with Crippen LogP contribution in [0.1, 0.15) is 23.4 Å². The van der Waals surface area contributed by atoms with E-state index in [1.807, 2.05) is 18.4 Å². The van der Waals surface area contributed by atoms with Crippen LogP contribution >= 0.6 is 11.3 Å². The molecule has 66 valence electrons. The van der Waals surface area contributed by atoms with E-state index in [-0.39, 0.29) is 11.9 Å². The number of hydrogen-bond donors (Lipinski definition) is 2. The van der Waals surface area contributed by atoms with Crippen LogP contribution in [0.2, 0.25) is 0 Å². The quantitative estimate of drug-likeness (QED) is 0.729. The van der Waals surface area contributed by atoms with Crippen LogP contribution in [0.4, 0.5) is 0 Å². The average Bonchev–Trinajstić information content (AvgIpc) is 2.34. The zero-order valence-electron chi connectivity index (χ0n) is 6.91. The van der Waals surface area contributed by atoms with E-state index in [2.05, 4.69) is 0 Å². The van der Waals surface area contributed by atoms with Gasteiger partial charge in [-0.25, -0.2) is 0 Å². The fourth-order valence-corrected chi connectivity index (χ4v) is 1.80. The molecule has 1 rings (SSSR count). The molecule has 1 aromatic rings. The second-order valence-corrected chi connectivity index (χ2v) is 3.73. The van der Waals surface area contributed by atoms with Crippen molar-refractivity contribution in [3.05, 3.63) is 21.9 Å². The number of hydrogen-bond acceptors (Lipinski definition) is 3. The maximum absolute atomic E-state index is 10.5. The lowest BCUT2D eigenvalue weighted by Gasteiger charge is -1.97. The van der Waals surface area contributed by atoms with E-state index in [0.717, 1.165) is 10.4 Å². The van der Waals surface area contributed by atoms with Crippen LogP contribution < -0.4 is 11.5 Å². The van der Waals surface area contributed by atoms with E-state index in [1.165, 1.54) is 0 Å². The highest BCUT2D eigenvalue weighted by molar-refractivity contribution is 7.10. The van der Waals surface area contributed by atoms with Gasteiger partial charge in [0.1, 0.15) is 0 Å². The average molecular weight is 184 g/mol. The Bertz CT molecular complexity index is 280. The van der Waals surface area contributed by atoms with Gasteiger partial charge in [0, 0.05) is 10.9 Å². The van der Waals surface area contributed by atoms with Gasteiger partial charge in [0.05, 0.1) is 6.42 Å². The van der Waals surface area contributed by atoms with Crippen LogP contribution in [-0.4, -0.2) is 5.91 Å². The highest BCUT2D eigenvalue weighted by atomic mass is 32.1. The summed E-state index contributed by atoms with van der Waals surface area (Å²) in [5.41, 5.74) is 11.7. The van der Waals surface area contributed by atoms with Crippen LogP contribution in [0.5, 0.6) is 0 Å². The van der Waals surface area contributed by atoms with E-state index in [1.54, 1.807) is 11.3 Å². The smallest absolute Gasteiger partial charge is 0.221 e. The predicted molar refractivity (Wildman–Crippen MR) is 49.8 cm³/mol. The van der Waals surface area contributed by atoms with Gasteiger partial charge in [-0.2, -0.15) is 0 Å². The molecule has 12 heavy (non-hydrogen) atoms. The molecule has 0 aliphatic rings. The van der Waals surface area contributed by atoms with Crippen molar-refractivity contribution in [2.75, 3.05) is 0 Å². The Morgan fingerprint density at radius 3 is 2.83 bits per heavy atom. The van der Waals surface area contributed by atoms with Gasteiger partial charge in [-0.3, -0.25) is 4.79 Å². The van der Waals surface area contributed by atoms with Crippen molar-refractivity contribution < 1.29 is 4.79 Å². The first-order valence-corrected chi connectivity index (χ1v) is 4.58. The largest absolute Gasteiger partial charge is 0.369 e. The van der Waals surface area contributed by atoms with Gasteiger partial charge in [-0.15, -0.1) is 11.3 Å². The van der Waals surface area contributed by atoms with E-state index in [9.17, 15) is 4.79 Å². The van der Waals surface area contributed by atoms with E-state index in [4.69, 9.17) is 11.5 Å². The number of thiophene rings is 1. The summed E-state index contributed by atoms with van der Waals surface area (Å²) in [5, 5.41) is 1.92. The second kappa shape index (κ2) is 3.69. The minimum atomic E-state index is -0.302. The first-order chi connectivity index (χ1) is 5.59. The summed E-state index contributed by atoms with van der Waals surface area (Å²) in [4.78, 5) is 11.6. The molecule has 0 radical (unpaired) electrons. The maximum Gasteiger partial charge on any atom is 0.221 e. The Hall–Kier alpha value is -0.870. The molecule has 1 amide bonds. The molecule has 0 fully saturated rings. The van der Waals surface area contributed by atoms with Gasteiger partial charge in [0.15, 0.2) is 0 Å². The third kappa shape index (κ3) is 2.32. The summed E-state index contributed by atoms with van der Waals surface area (Å²) in [6, 6.07) is 1.97. The van der Waals surface area contributed by atoms with Gasteiger partial charge in [-0.1, -0.05) is 0 Å². The summed E-state index contributed by atoms with van der Waals surface area (Å²) in [6.07, 6.45) is 0.309. The molecule has 0 aromatic carbocycles. The number of amides is 1. The molecule has 0 bridgehead atoms. The van der Waals surface area contributed by atoms with Gasteiger partial charge in [0.25, 0.3) is 0 Å². The van der Waals surface area contributed by atoms with Crippen molar-refractivity contribution in [1.82, 2.24) is 0 Å². The third-order valence-electron chi connectivity index (χ3n) is 1.50. The molecule has 0 spiro atoms. The fourth-order valence-electron chi connectivity index (χ4n) is 0.927. The van der Waals surface area contributed by atoms with Crippen LogP contribution in [-0.2, 0) is 11.2 Å². The summed E-state index contributed by atoms with van der Waals surface area (Å²) in [6.45, 7) is 1.92. The molecule has 1 aromatic heterocycles. The Morgan fingerprint density at radius 2 is 2.42 bits per heavy atom. The van der Waals surface area contributed by atoms with Crippen LogP contribution in [0.25, 0.3) is 0 Å². The summed E-state index contributed by atoms with van der Waals surface area (Å²) < 4.78 is 0. The molecular formula is C8H12N2OS. The fraction of sp³-hybridized carbons (Fsp3) is 0.375. The summed E-state index contributed by atoms with van der Waals surface area (Å²) in [7, 11) is 0. The van der Waals surface area contributed by atoms with Crippen LogP contribution in [0.3, 0.4) is 0 Å². The maximum atomic E-state index is 10.5. The minimum absolute atomic E-state index is 0.0385. The first-order valence-electron chi connectivity index (χ1n) is 3.71. The highest BCUT2D eigenvalue weighted by Gasteiger charge is 2.05. The molecule has 0 unspecified atom stereocenters. The number of nitrogens with two attached hydrogens (primary N) is 2. The monoisotopic (exact) mass is 184 g/mol. The molecule has 0 saturated heterocycles. The summed E-state index contributed by atoms with van der Waals surface area (Å²) >= 11 is 1.57. The molecule has 1 heterocycles. The molecular weight excluding hydrogens is 172 g/mol. The Labute approximate surface area is 75.4 Å². The lowest BCUT2D eigenvalue weighted by Crippen LogP contribution is -2.13. The molecule has 0 aliphatic heterocycles. The highest BCUT2D eigenvalue weighted by Crippen LogP contribution is 2.20. The first kappa shape index (κ1) is 9.22. The topological polar surface area (TPSA) is 69.1 Å². The summed E-state index contributed by atoms with van der Waals surface area (Å²) in [5.74, 6) is -0.302. The van der Waals surface area contributed by atoms with Crippen molar-refractivity contribution in [3.8, 4) is 0 Å². The number of rotatable bonds is 3. The van der Waals surface area contributed by atoms with Crippen LogP contribution in [0, 0.1) is 0 Å². The number of primary amides is 1. The zero-order chi connectivity index (χ0) is 9.14. The van der Waals surface area contributed by atoms with Crippen molar-refractivity contribution >= 4 is 17.2 Å². The normalized spacial score (nSPS) is 12.8. The van der Waals surface area contributed by atoms with Crippen LogP contribution in [0.15, 0.2) is 11.4 Å². The van der Waals surface area contributed by atoms with E-state index >= 15 is 0 Å². The van der Waals surface area contributed by atoms with Gasteiger partial charge < -0.3 is 11.5 Å². The van der Waals surface area contributed by atoms with Gasteiger partial charge >= 0.3 is 0 Å². The molecule has 3 nitrogen and oxygen atoms in total. The van der Waals surface area contributed by atoms with Crippen molar-refractivity contribution in [2.24, 2.45) is 11.5 Å². The predicted octanol–water partition coefficient (Wildman–Crippen LogP) is 0.796. The Kier molecular flexibility index (Phi) is 2.83. The molecule has 1 atom stereocenters. The van der Waals surface area contributed by atoms with Crippen molar-refractivity contribution in [2.45, 2.75) is 19.4 Å². The zero-order valence-corrected chi connectivity index (χ0v) is 7.73. The van der Waals surface area contributed by atoms with Crippen molar-refractivity contribution in [1.29, 1.82) is 0 Å². The Balaban J connectivity index is 2.70. The van der Waals surface area contributed by atoms with Gasteiger partial charge in [0.2, 0.25) is 5.91 Å². The second-order valence-electron chi connectivity index (χ2n) is 2.79. The SMILES string of the molecule is C[C@@H](N)c1cc(CC(N)=O)cs1. The lowest BCUT2D eigenvalue weighted by molar-refractivity contribution is -0.117. The third-order valence-corrected chi connectivity index (χ3v) is 2.68. The van der Waals surface area contributed by atoms with E-state index in [0.29, 0.717) is 6.42 Å². The lowest BCUT2D eigenvalue weighted by atomic mass is 10.2. The van der Waals surface area contributed by atoms with Crippen molar-refractivity contribution in [3.63, 3.8) is 0 Å². The Morgan fingerprint density at radius 1 is 1.75 bits per heavy atom. The van der Waals surface area contributed by atoms with Gasteiger partial charge in [-0.05, 0) is 23.9 Å². The minimum Gasteiger partial charge on any atom is -0.369 e. The molecule has 4 N–H and O–H groups in total. The molecule has 0 aliphatic carbocycles. The molecule has 4 heteroatoms. The van der Waals surface area contributed by atoms with E-state index < -0.39 is 0 Å². The number of carbonyl (C=O) groups is 1. The molecule has 0 saturated carbocycles. The standard InChI is InChI=1S/C8H12N2OS/c1-5(9)7-2-6(4-12-7)3-8(10)11/h2,4-5H,3,9H2,1H3,(H2,10,11)/t5-/m1/s1. The number of carbonyl (C=O) groups excluding carboxylic acids is 1.